The molecule has 5 rings (SSSR count). The lowest BCUT2D eigenvalue weighted by Crippen LogP contribution is -2.54. The van der Waals surface area contributed by atoms with E-state index in [0.29, 0.717) is 19.1 Å². The maximum absolute atomic E-state index is 12.8. The third-order valence-corrected chi connectivity index (χ3v) is 7.51. The fourth-order valence-electron chi connectivity index (χ4n) is 5.52. The number of H-pyrrole nitrogens is 1. The minimum absolute atomic E-state index is 0.110. The molecule has 3 heterocycles. The molecule has 0 radical (unpaired) electrons. The van der Waals surface area contributed by atoms with Crippen LogP contribution in [0.4, 0.5) is 0 Å². The molecule has 1 amide bonds. The first-order chi connectivity index (χ1) is 15.1. The summed E-state index contributed by atoms with van der Waals surface area (Å²) in [5, 5.41) is 4.59. The number of amides is 1. The number of hydrogen-bond acceptors (Lipinski definition) is 5. The van der Waals surface area contributed by atoms with E-state index in [9.17, 15) is 9.59 Å². The molecular weight excluding hydrogens is 394 g/mol. The molecule has 1 unspecified atom stereocenters. The summed E-state index contributed by atoms with van der Waals surface area (Å²) < 4.78 is 10.8. The largest absolute Gasteiger partial charge is 0.497 e. The van der Waals surface area contributed by atoms with E-state index in [1.165, 1.54) is 12.0 Å². The van der Waals surface area contributed by atoms with Crippen LogP contribution in [0.3, 0.4) is 0 Å². The van der Waals surface area contributed by atoms with Crippen LogP contribution in [0.2, 0.25) is 0 Å². The summed E-state index contributed by atoms with van der Waals surface area (Å²) in [5.41, 5.74) is 2.96. The van der Waals surface area contributed by atoms with E-state index < -0.39 is 6.04 Å². The van der Waals surface area contributed by atoms with Gasteiger partial charge in [0.05, 0.1) is 13.7 Å². The molecule has 2 aromatic rings. The second kappa shape index (κ2) is 7.86. The lowest BCUT2D eigenvalue weighted by Gasteiger charge is -2.47. The normalized spacial score (nSPS) is 22.8. The summed E-state index contributed by atoms with van der Waals surface area (Å²) in [6, 6.07) is 5.54. The van der Waals surface area contributed by atoms with Crippen LogP contribution in [0.25, 0.3) is 10.9 Å². The van der Waals surface area contributed by atoms with Crippen molar-refractivity contribution in [3.8, 4) is 5.75 Å². The Morgan fingerprint density at radius 3 is 2.65 bits per heavy atom. The third kappa shape index (κ3) is 3.30. The summed E-state index contributed by atoms with van der Waals surface area (Å²) in [6.07, 6.45) is 5.03. The number of benzene rings is 1. The summed E-state index contributed by atoms with van der Waals surface area (Å²) >= 11 is 0. The van der Waals surface area contributed by atoms with Crippen LogP contribution in [0, 0.1) is 5.92 Å². The minimum atomic E-state index is -0.506. The number of nitrogens with zero attached hydrogens (tertiary/aromatic N) is 1. The Morgan fingerprint density at radius 2 is 2.00 bits per heavy atom. The Balaban J connectivity index is 1.51. The Hall–Kier alpha value is -2.54. The number of piperidine rings is 1. The molecule has 7 nitrogen and oxygen atoms in total. The zero-order valence-electron chi connectivity index (χ0n) is 18.3. The van der Waals surface area contributed by atoms with E-state index in [1.807, 2.05) is 19.1 Å². The molecule has 2 aliphatic heterocycles. The van der Waals surface area contributed by atoms with Gasteiger partial charge < -0.3 is 19.4 Å². The summed E-state index contributed by atoms with van der Waals surface area (Å²) in [7, 11) is 1.66. The van der Waals surface area contributed by atoms with Gasteiger partial charge in [0, 0.05) is 53.6 Å². The van der Waals surface area contributed by atoms with Gasteiger partial charge in [0.1, 0.15) is 11.8 Å². The summed E-state index contributed by atoms with van der Waals surface area (Å²) in [5.74, 6) is 1.09. The molecular formula is C24H31N3O4. The number of likely N-dealkylation sites (tertiary alicyclic amines) is 1. The van der Waals surface area contributed by atoms with Crippen LogP contribution in [0.15, 0.2) is 18.2 Å². The van der Waals surface area contributed by atoms with Crippen molar-refractivity contribution in [1.29, 1.82) is 0 Å². The number of esters is 1. The van der Waals surface area contributed by atoms with E-state index in [1.54, 1.807) is 7.11 Å². The van der Waals surface area contributed by atoms with Crippen molar-refractivity contribution in [2.24, 2.45) is 5.92 Å². The molecule has 1 aromatic carbocycles. The molecule has 2 N–H and O–H groups in total. The van der Waals surface area contributed by atoms with Gasteiger partial charge in [0.25, 0.3) is 0 Å². The van der Waals surface area contributed by atoms with Crippen LogP contribution in [-0.4, -0.2) is 55.1 Å². The van der Waals surface area contributed by atoms with Crippen molar-refractivity contribution in [1.82, 2.24) is 15.2 Å². The van der Waals surface area contributed by atoms with Crippen LogP contribution in [0.5, 0.6) is 5.75 Å². The molecule has 0 bridgehead atoms. The minimum Gasteiger partial charge on any atom is -0.497 e. The first-order valence-corrected chi connectivity index (χ1v) is 11.5. The molecule has 166 valence electrons. The van der Waals surface area contributed by atoms with Gasteiger partial charge in [0.2, 0.25) is 5.91 Å². The van der Waals surface area contributed by atoms with E-state index >= 15 is 0 Å². The number of hydrogen-bond donors (Lipinski definition) is 2. The zero-order chi connectivity index (χ0) is 21.6. The van der Waals surface area contributed by atoms with Crippen molar-refractivity contribution < 1.29 is 19.1 Å². The molecule has 1 saturated carbocycles. The molecule has 1 aliphatic carbocycles. The lowest BCUT2D eigenvalue weighted by molar-refractivity contribution is -0.146. The SMILES string of the molecule is CCOC(=O)C1NCC2(CCN(C(=O)C3CCC3)CC2)c2c1[nH]c1cc(OC)ccc21. The van der Waals surface area contributed by atoms with Gasteiger partial charge in [-0.2, -0.15) is 0 Å². The summed E-state index contributed by atoms with van der Waals surface area (Å²) in [6.45, 7) is 4.42. The highest BCUT2D eigenvalue weighted by molar-refractivity contribution is 5.91. The van der Waals surface area contributed by atoms with Gasteiger partial charge >= 0.3 is 5.97 Å². The van der Waals surface area contributed by atoms with Gasteiger partial charge in [-0.15, -0.1) is 0 Å². The van der Waals surface area contributed by atoms with Gasteiger partial charge in [0.15, 0.2) is 0 Å². The predicted octanol–water partition coefficient (Wildman–Crippen LogP) is 3.04. The Kier molecular flexibility index (Phi) is 5.16. The molecule has 1 spiro atoms. The Morgan fingerprint density at radius 1 is 1.23 bits per heavy atom. The van der Waals surface area contributed by atoms with Gasteiger partial charge in [-0.3, -0.25) is 10.1 Å². The van der Waals surface area contributed by atoms with Crippen molar-refractivity contribution in [2.75, 3.05) is 33.4 Å². The molecule has 7 heteroatoms. The van der Waals surface area contributed by atoms with E-state index in [2.05, 4.69) is 21.3 Å². The van der Waals surface area contributed by atoms with Crippen molar-refractivity contribution in [3.63, 3.8) is 0 Å². The number of carbonyl (C=O) groups is 2. The van der Waals surface area contributed by atoms with Gasteiger partial charge in [-0.1, -0.05) is 6.42 Å². The number of carbonyl (C=O) groups excluding carboxylic acids is 2. The van der Waals surface area contributed by atoms with Crippen LogP contribution < -0.4 is 10.1 Å². The zero-order valence-corrected chi connectivity index (χ0v) is 18.3. The number of ether oxygens (including phenoxy) is 2. The van der Waals surface area contributed by atoms with E-state index in [4.69, 9.17) is 9.47 Å². The number of methoxy groups -OCH3 is 1. The second-order valence-corrected chi connectivity index (χ2v) is 9.12. The highest BCUT2D eigenvalue weighted by Gasteiger charge is 2.47. The first-order valence-electron chi connectivity index (χ1n) is 11.5. The van der Waals surface area contributed by atoms with Crippen LogP contribution >= 0.6 is 0 Å². The highest BCUT2D eigenvalue weighted by atomic mass is 16.5. The number of aromatic amines is 1. The molecule has 1 aromatic heterocycles. The molecule has 1 saturated heterocycles. The predicted molar refractivity (Wildman–Crippen MR) is 117 cm³/mol. The number of nitrogens with one attached hydrogen (secondary N) is 2. The quantitative estimate of drug-likeness (QED) is 0.736. The van der Waals surface area contributed by atoms with E-state index in [0.717, 1.165) is 61.1 Å². The molecule has 2 fully saturated rings. The topological polar surface area (TPSA) is 83.7 Å². The Bertz CT molecular complexity index is 1000. The summed E-state index contributed by atoms with van der Waals surface area (Å²) in [4.78, 5) is 31.0. The number of aromatic nitrogens is 1. The van der Waals surface area contributed by atoms with Gasteiger partial charge in [-0.25, -0.2) is 4.79 Å². The Labute approximate surface area is 182 Å². The van der Waals surface area contributed by atoms with Crippen molar-refractivity contribution >= 4 is 22.8 Å². The van der Waals surface area contributed by atoms with Crippen molar-refractivity contribution in [2.45, 2.75) is 50.5 Å². The van der Waals surface area contributed by atoms with Crippen molar-refractivity contribution in [3.05, 3.63) is 29.5 Å². The maximum Gasteiger partial charge on any atom is 0.329 e. The third-order valence-electron chi connectivity index (χ3n) is 7.51. The first kappa shape index (κ1) is 20.4. The average molecular weight is 426 g/mol. The smallest absolute Gasteiger partial charge is 0.329 e. The average Bonchev–Trinajstić information content (AvgIpc) is 3.13. The fraction of sp³-hybridized carbons (Fsp3) is 0.583. The standard InChI is InChI=1S/C24H31N3O4/c1-3-31-23(29)21-20-19(17-8-7-16(30-2)13-18(17)26-20)24(14-25-21)9-11-27(12-10-24)22(28)15-5-4-6-15/h7-8,13,15,21,25-26H,3-6,9-12,14H2,1-2H3. The molecule has 1 atom stereocenters. The highest BCUT2D eigenvalue weighted by Crippen LogP contribution is 2.46. The van der Waals surface area contributed by atoms with Gasteiger partial charge in [-0.05, 0) is 50.3 Å². The molecule has 3 aliphatic rings. The molecule has 31 heavy (non-hydrogen) atoms. The number of fused-ring (bicyclic) bond motifs is 4. The van der Waals surface area contributed by atoms with Crippen LogP contribution in [0.1, 0.15) is 56.3 Å². The fourth-order valence-corrected chi connectivity index (χ4v) is 5.52. The number of rotatable bonds is 4. The lowest BCUT2D eigenvalue weighted by atomic mass is 9.68. The second-order valence-electron chi connectivity index (χ2n) is 9.12. The monoisotopic (exact) mass is 425 g/mol. The van der Waals surface area contributed by atoms with E-state index in [-0.39, 0.29) is 17.3 Å². The van der Waals surface area contributed by atoms with Crippen LogP contribution in [-0.2, 0) is 19.7 Å². The maximum atomic E-state index is 12.8.